The molecule has 6 aromatic rings. The first-order valence-electron chi connectivity index (χ1n) is 24.8. The molecule has 6 aliphatic rings. The largest absolute Gasteiger partial charge is 0.464 e. The van der Waals surface area contributed by atoms with Crippen molar-refractivity contribution in [3.05, 3.63) is 95.6 Å². The third-order valence-corrected chi connectivity index (χ3v) is 16.0. The Kier molecular flexibility index (Phi) is 12.0. The van der Waals surface area contributed by atoms with Crippen molar-refractivity contribution in [2.24, 2.45) is 17.8 Å². The van der Waals surface area contributed by atoms with E-state index in [1.165, 1.54) is 72.7 Å². The van der Waals surface area contributed by atoms with Crippen molar-refractivity contribution in [3.8, 4) is 11.4 Å². The number of hydrogen-bond acceptors (Lipinski definition) is 12. The Balaban J connectivity index is 0.000000150. The first-order chi connectivity index (χ1) is 33.3. The summed E-state index contributed by atoms with van der Waals surface area (Å²) in [6.45, 7) is 4.38. The number of hydrogen-bond donors (Lipinski definition) is 0. The highest BCUT2D eigenvalue weighted by Crippen LogP contribution is 2.47. The first kappa shape index (κ1) is 44.0. The number of carbonyl (C=O) groups is 3. The van der Waals surface area contributed by atoms with Crippen molar-refractivity contribution in [2.75, 3.05) is 63.9 Å². The summed E-state index contributed by atoms with van der Waals surface area (Å²) in [5, 5.41) is 12.3. The van der Waals surface area contributed by atoms with Crippen LogP contribution in [-0.2, 0) is 14.2 Å². The molecular weight excluding hydrogens is 859 g/mol. The van der Waals surface area contributed by atoms with Gasteiger partial charge in [0.05, 0.1) is 66.2 Å². The van der Waals surface area contributed by atoms with Gasteiger partial charge in [0.15, 0.2) is 22.7 Å². The number of anilines is 2. The van der Waals surface area contributed by atoms with Crippen LogP contribution in [0.1, 0.15) is 121 Å². The van der Waals surface area contributed by atoms with Gasteiger partial charge in [0, 0.05) is 50.6 Å². The first-order valence-corrected chi connectivity index (χ1v) is 24.8. The number of carbonyl (C=O) groups excluding carboxylic acids is 3. The van der Waals surface area contributed by atoms with E-state index in [-0.39, 0.29) is 17.8 Å². The summed E-state index contributed by atoms with van der Waals surface area (Å²) in [5.41, 5.74) is 8.28. The maximum Gasteiger partial charge on any atom is 0.409 e. The minimum absolute atomic E-state index is 0.184. The smallest absolute Gasteiger partial charge is 0.409 e. The zero-order valence-corrected chi connectivity index (χ0v) is 39.4. The molecular formula is C53H61N9O6. The van der Waals surface area contributed by atoms with E-state index in [4.69, 9.17) is 34.4 Å². The molecule has 3 aliphatic heterocycles. The number of rotatable bonds is 8. The fourth-order valence-electron chi connectivity index (χ4n) is 12.0. The van der Waals surface area contributed by atoms with Crippen LogP contribution in [-0.4, -0.2) is 113 Å². The van der Waals surface area contributed by atoms with Crippen LogP contribution in [0.2, 0.25) is 0 Å². The molecule has 354 valence electrons. The molecule has 4 atom stereocenters. The van der Waals surface area contributed by atoms with Gasteiger partial charge in [-0.15, -0.1) is 0 Å². The van der Waals surface area contributed by atoms with E-state index in [0.717, 1.165) is 114 Å². The van der Waals surface area contributed by atoms with E-state index in [1.54, 1.807) is 0 Å². The summed E-state index contributed by atoms with van der Waals surface area (Å²) in [6.07, 6.45) is 13.8. The highest BCUT2D eigenvalue weighted by Gasteiger charge is 2.42. The number of aromatic nitrogens is 6. The summed E-state index contributed by atoms with van der Waals surface area (Å²) >= 11 is 0. The topological polar surface area (TPSA) is 150 Å². The van der Waals surface area contributed by atoms with Crippen molar-refractivity contribution < 1.29 is 28.6 Å². The number of esters is 2. The van der Waals surface area contributed by atoms with Gasteiger partial charge in [0.1, 0.15) is 0 Å². The van der Waals surface area contributed by atoms with Crippen molar-refractivity contribution in [2.45, 2.75) is 94.9 Å². The van der Waals surface area contributed by atoms with Crippen LogP contribution < -0.4 is 9.80 Å². The van der Waals surface area contributed by atoms with Gasteiger partial charge in [-0.2, -0.15) is 10.2 Å². The Labute approximate surface area is 396 Å². The predicted molar refractivity (Wildman–Crippen MR) is 259 cm³/mol. The fraction of sp³-hybridized carbons (Fsp3) is 0.491. The second-order valence-electron chi connectivity index (χ2n) is 19.7. The number of amides is 1. The molecule has 4 unspecified atom stereocenters. The molecule has 0 radical (unpaired) electrons. The molecule has 15 heteroatoms. The lowest BCUT2D eigenvalue weighted by Crippen LogP contribution is -2.47. The minimum atomic E-state index is -0.461. The van der Waals surface area contributed by atoms with Crippen LogP contribution in [0.25, 0.3) is 33.4 Å². The summed E-state index contributed by atoms with van der Waals surface area (Å²) in [6, 6.07) is 24.1. The Bertz CT molecular complexity index is 2840. The Morgan fingerprint density at radius 1 is 0.529 bits per heavy atom. The molecule has 0 bridgehead atoms. The van der Waals surface area contributed by atoms with Gasteiger partial charge in [-0.05, 0) is 106 Å². The molecule has 2 aromatic carbocycles. The van der Waals surface area contributed by atoms with Crippen molar-refractivity contribution in [1.29, 1.82) is 0 Å². The molecule has 4 aromatic heterocycles. The van der Waals surface area contributed by atoms with E-state index in [0.29, 0.717) is 35.6 Å². The minimum Gasteiger partial charge on any atom is -0.464 e. The fourth-order valence-corrected chi connectivity index (χ4v) is 12.0. The zero-order valence-electron chi connectivity index (χ0n) is 39.4. The van der Waals surface area contributed by atoms with E-state index in [9.17, 15) is 14.4 Å². The van der Waals surface area contributed by atoms with Gasteiger partial charge in [-0.3, -0.25) is 0 Å². The summed E-state index contributed by atoms with van der Waals surface area (Å²) in [7, 11) is 4.25. The molecule has 7 heterocycles. The van der Waals surface area contributed by atoms with Crippen molar-refractivity contribution in [3.63, 3.8) is 0 Å². The molecule has 3 saturated heterocycles. The number of methoxy groups -OCH3 is 3. The third kappa shape index (κ3) is 7.90. The van der Waals surface area contributed by atoms with Gasteiger partial charge in [0.2, 0.25) is 0 Å². The Hall–Kier alpha value is -6.51. The number of benzene rings is 2. The van der Waals surface area contributed by atoms with Crippen LogP contribution in [0.4, 0.5) is 16.2 Å². The standard InChI is InChI=1S/C27H31N5O4.C26H30N4O2/c1-35-26(33)20-15-22(30-13-12-21-18(16-30)11-14-31(21)27(34)36-2)23-24(17-7-6-8-17)29-32(25(23)28-20)19-9-4-3-5-10-19;1-32-26(31)21-15-22(29-14-13-17-7-5-10-19(17)16-29)23-24(18-8-6-9-18)28-30(25(23)27-21)20-11-3-2-4-12-20/h3-5,9-10,15,17-18,21H,6-8,11-14,16H2,1-2H3;2-4,11-12,15,17-19H,5-10,13-14,16H2,1H3. The monoisotopic (exact) mass is 919 g/mol. The van der Waals surface area contributed by atoms with Gasteiger partial charge >= 0.3 is 18.0 Å². The van der Waals surface area contributed by atoms with Crippen LogP contribution >= 0.6 is 0 Å². The van der Waals surface area contributed by atoms with E-state index in [2.05, 4.69) is 9.80 Å². The molecule has 1 amide bonds. The highest BCUT2D eigenvalue weighted by molar-refractivity contribution is 6.00. The van der Waals surface area contributed by atoms with Gasteiger partial charge in [0.25, 0.3) is 0 Å². The van der Waals surface area contributed by atoms with Crippen molar-refractivity contribution >= 4 is 51.5 Å². The Morgan fingerprint density at radius 2 is 1.00 bits per heavy atom. The highest BCUT2D eigenvalue weighted by atomic mass is 16.5. The lowest BCUT2D eigenvalue weighted by Gasteiger charge is -2.39. The number of nitrogens with zero attached hydrogens (tertiary/aromatic N) is 9. The van der Waals surface area contributed by atoms with Gasteiger partial charge in [-0.1, -0.05) is 62.1 Å². The molecule has 0 spiro atoms. The average molecular weight is 920 g/mol. The maximum absolute atomic E-state index is 12.7. The van der Waals surface area contributed by atoms with E-state index < -0.39 is 11.9 Å². The molecule has 3 saturated carbocycles. The lowest BCUT2D eigenvalue weighted by molar-refractivity contribution is 0.0585. The van der Waals surface area contributed by atoms with Gasteiger partial charge < -0.3 is 28.9 Å². The molecule has 0 N–H and O–H groups in total. The third-order valence-electron chi connectivity index (χ3n) is 16.0. The van der Waals surface area contributed by atoms with Crippen LogP contribution in [0.5, 0.6) is 0 Å². The normalized spacial score (nSPS) is 22.5. The van der Waals surface area contributed by atoms with E-state index >= 15 is 0 Å². The maximum atomic E-state index is 12.7. The summed E-state index contributed by atoms with van der Waals surface area (Å²) < 4.78 is 19.0. The van der Waals surface area contributed by atoms with Crippen LogP contribution in [0.15, 0.2) is 72.8 Å². The SMILES string of the molecule is COC(=O)c1cc(N2CCC3C(CCN3C(=O)OC)C2)c2c(C3CCC3)nn(-c3ccccc3)c2n1.COC(=O)c1cc(N2CCC3CCCC3C2)c2c(C3CCC3)nn(-c3ccccc3)c2n1. The molecule has 3 aliphatic carbocycles. The van der Waals surface area contributed by atoms with Crippen LogP contribution in [0.3, 0.4) is 0 Å². The number of likely N-dealkylation sites (tertiary alicyclic amines) is 1. The van der Waals surface area contributed by atoms with E-state index in [1.807, 2.05) is 87.1 Å². The molecule has 15 nitrogen and oxygen atoms in total. The summed E-state index contributed by atoms with van der Waals surface area (Å²) in [4.78, 5) is 53.9. The number of piperidine rings is 2. The number of para-hydroxylation sites is 2. The van der Waals surface area contributed by atoms with Crippen LogP contribution in [0, 0.1) is 17.8 Å². The summed E-state index contributed by atoms with van der Waals surface area (Å²) in [5.74, 6) is 1.97. The Morgan fingerprint density at radius 3 is 1.49 bits per heavy atom. The van der Waals surface area contributed by atoms with Crippen molar-refractivity contribution in [1.82, 2.24) is 34.4 Å². The predicted octanol–water partition coefficient (Wildman–Crippen LogP) is 9.24. The molecule has 6 fully saturated rings. The van der Waals surface area contributed by atoms with Gasteiger partial charge in [-0.25, -0.2) is 33.7 Å². The molecule has 68 heavy (non-hydrogen) atoms. The average Bonchev–Trinajstić information content (AvgIpc) is 4.17. The molecule has 12 rings (SSSR count). The number of fused-ring (bicyclic) bond motifs is 4. The second-order valence-corrected chi connectivity index (χ2v) is 19.7. The quantitative estimate of drug-likeness (QED) is 0.106. The number of ether oxygens (including phenoxy) is 3. The second kappa shape index (κ2) is 18.5. The lowest BCUT2D eigenvalue weighted by atomic mass is 9.81. The number of pyridine rings is 2. The zero-order chi connectivity index (χ0) is 46.5.